The summed E-state index contributed by atoms with van der Waals surface area (Å²) >= 11 is 5.99. The summed E-state index contributed by atoms with van der Waals surface area (Å²) in [4.78, 5) is 0. The van der Waals surface area contributed by atoms with Crippen LogP contribution >= 0.6 is 6.34 Å². The number of nitrogens with zero attached hydrogens (tertiary/aromatic N) is 2. The highest BCUT2D eigenvalue weighted by atomic mass is 32.4. The largest absolute Gasteiger partial charge is 0.270 e. The van der Waals surface area contributed by atoms with E-state index in [1.54, 1.807) is 0 Å². The average Bonchev–Trinajstić information content (AvgIpc) is 2.31. The third-order valence-electron chi connectivity index (χ3n) is 3.03. The van der Waals surface area contributed by atoms with Gasteiger partial charge in [-0.05, 0) is 19.7 Å². The molecule has 1 aromatic rings. The first-order valence-corrected chi connectivity index (χ1v) is 9.00. The van der Waals surface area contributed by atoms with Gasteiger partial charge in [-0.1, -0.05) is 56.0 Å². The summed E-state index contributed by atoms with van der Waals surface area (Å²) < 4.78 is 4.69. The van der Waals surface area contributed by atoms with Crippen LogP contribution in [0.4, 0.5) is 0 Å². The highest BCUT2D eigenvalue weighted by Gasteiger charge is 2.26. The molecule has 1 unspecified atom stereocenters. The minimum Gasteiger partial charge on any atom is -0.270 e. The minimum absolute atomic E-state index is 0.984. The van der Waals surface area contributed by atoms with E-state index in [1.165, 1.54) is 5.56 Å². The van der Waals surface area contributed by atoms with E-state index in [2.05, 4.69) is 67.6 Å². The summed E-state index contributed by atoms with van der Waals surface area (Å²) in [7, 11) is 4.23. The highest BCUT2D eigenvalue weighted by molar-refractivity contribution is 8.11. The Morgan fingerprint density at radius 2 is 1.59 bits per heavy atom. The quantitative estimate of drug-likeness (QED) is 0.732. The van der Waals surface area contributed by atoms with E-state index in [0.717, 1.165) is 19.3 Å². The van der Waals surface area contributed by atoms with Crippen LogP contribution in [0.2, 0.25) is 0 Å². The van der Waals surface area contributed by atoms with E-state index in [0.29, 0.717) is 0 Å². The molecule has 0 aromatic heterocycles. The number of hydrogen-bond acceptors (Lipinski definition) is 1. The van der Waals surface area contributed by atoms with Gasteiger partial charge in [-0.25, -0.2) is 0 Å². The van der Waals surface area contributed by atoms with E-state index < -0.39 is 6.34 Å². The predicted octanol–water partition coefficient (Wildman–Crippen LogP) is 3.40. The summed E-state index contributed by atoms with van der Waals surface area (Å²) in [5.74, 6) is 0. The van der Waals surface area contributed by atoms with Crippen molar-refractivity contribution < 1.29 is 0 Å². The van der Waals surface area contributed by atoms with Crippen LogP contribution in [0.5, 0.6) is 0 Å². The molecule has 0 N–H and O–H groups in total. The fourth-order valence-electron chi connectivity index (χ4n) is 1.98. The van der Waals surface area contributed by atoms with Crippen molar-refractivity contribution in [1.82, 2.24) is 9.34 Å². The Bertz CT molecular complexity index is 374. The van der Waals surface area contributed by atoms with Crippen molar-refractivity contribution in [3.05, 3.63) is 35.9 Å². The molecular formula is C13H23N2PS. The van der Waals surface area contributed by atoms with Crippen molar-refractivity contribution in [2.45, 2.75) is 20.0 Å². The lowest BCUT2D eigenvalue weighted by Crippen LogP contribution is -2.28. The lowest BCUT2D eigenvalue weighted by Gasteiger charge is -2.38. The second kappa shape index (κ2) is 6.65. The third-order valence-corrected chi connectivity index (χ3v) is 8.57. The van der Waals surface area contributed by atoms with Crippen LogP contribution in [0.3, 0.4) is 0 Å². The molecule has 0 aliphatic heterocycles. The van der Waals surface area contributed by atoms with Crippen LogP contribution in [-0.2, 0) is 18.0 Å². The number of benzene rings is 1. The number of hydrogen-bond donors (Lipinski definition) is 0. The van der Waals surface area contributed by atoms with Gasteiger partial charge in [0.15, 0.2) is 0 Å². The van der Waals surface area contributed by atoms with Gasteiger partial charge >= 0.3 is 0 Å². The average molecular weight is 270 g/mol. The zero-order valence-corrected chi connectivity index (χ0v) is 13.0. The fourth-order valence-corrected chi connectivity index (χ4v) is 5.68. The molecule has 0 aliphatic rings. The van der Waals surface area contributed by atoms with Crippen molar-refractivity contribution in [2.24, 2.45) is 0 Å². The van der Waals surface area contributed by atoms with Crippen molar-refractivity contribution in [1.29, 1.82) is 0 Å². The van der Waals surface area contributed by atoms with Crippen LogP contribution in [0, 0.1) is 0 Å². The molecule has 2 nitrogen and oxygen atoms in total. The van der Waals surface area contributed by atoms with E-state index in [-0.39, 0.29) is 0 Å². The molecule has 0 aliphatic carbocycles. The molecule has 0 heterocycles. The van der Waals surface area contributed by atoms with Crippen LogP contribution in [-0.4, -0.2) is 36.5 Å². The Kier molecular flexibility index (Phi) is 5.81. The first-order chi connectivity index (χ1) is 8.04. The third kappa shape index (κ3) is 3.62. The molecular weight excluding hydrogens is 247 g/mol. The monoisotopic (exact) mass is 270 g/mol. The molecule has 96 valence electrons. The second-order valence-corrected chi connectivity index (χ2v) is 9.06. The van der Waals surface area contributed by atoms with Gasteiger partial charge < -0.3 is 0 Å². The Labute approximate surface area is 111 Å². The molecule has 0 saturated heterocycles. The van der Waals surface area contributed by atoms with Crippen LogP contribution in [0.1, 0.15) is 19.4 Å². The fraction of sp³-hybridized carbons (Fsp3) is 0.538. The molecule has 0 bridgehead atoms. The molecule has 0 fully saturated rings. The topological polar surface area (TPSA) is 6.48 Å². The van der Waals surface area contributed by atoms with Crippen LogP contribution in [0.25, 0.3) is 0 Å². The molecule has 0 amide bonds. The maximum Gasteiger partial charge on any atom is 0.0813 e. The van der Waals surface area contributed by atoms with Gasteiger partial charge in [0.25, 0.3) is 0 Å². The number of rotatable bonds is 6. The SMILES string of the molecule is CCN(CC)P(=S)(Cc1ccccc1)N(C)C. The van der Waals surface area contributed by atoms with Gasteiger partial charge in [0.05, 0.1) is 6.34 Å². The second-order valence-electron chi connectivity index (χ2n) is 4.29. The summed E-state index contributed by atoms with van der Waals surface area (Å²) in [5, 5.41) is 0. The molecule has 0 saturated carbocycles. The Balaban J connectivity index is 2.97. The van der Waals surface area contributed by atoms with E-state index in [4.69, 9.17) is 11.8 Å². The molecule has 1 aromatic carbocycles. The van der Waals surface area contributed by atoms with Gasteiger partial charge in [0.1, 0.15) is 0 Å². The normalized spacial score (nSPS) is 15.2. The minimum atomic E-state index is -1.62. The van der Waals surface area contributed by atoms with E-state index in [9.17, 15) is 0 Å². The summed E-state index contributed by atoms with van der Waals surface area (Å²) in [6.45, 7) is 6.44. The molecule has 17 heavy (non-hydrogen) atoms. The van der Waals surface area contributed by atoms with Gasteiger partial charge in [0.2, 0.25) is 0 Å². The van der Waals surface area contributed by atoms with Crippen molar-refractivity contribution in [3.8, 4) is 0 Å². The smallest absolute Gasteiger partial charge is 0.0813 e. The lowest BCUT2D eigenvalue weighted by atomic mass is 10.2. The Morgan fingerprint density at radius 3 is 2.00 bits per heavy atom. The molecule has 0 spiro atoms. The molecule has 1 rings (SSSR count). The Hall–Kier alpha value is -0.210. The summed E-state index contributed by atoms with van der Waals surface area (Å²) in [6.07, 6.45) is -0.639. The van der Waals surface area contributed by atoms with Gasteiger partial charge in [0, 0.05) is 19.3 Å². The highest BCUT2D eigenvalue weighted by Crippen LogP contribution is 2.54. The van der Waals surface area contributed by atoms with Crippen LogP contribution in [0.15, 0.2) is 30.3 Å². The lowest BCUT2D eigenvalue weighted by molar-refractivity contribution is 0.464. The van der Waals surface area contributed by atoms with Crippen molar-refractivity contribution in [2.75, 3.05) is 27.2 Å². The van der Waals surface area contributed by atoms with E-state index in [1.807, 2.05) is 0 Å². The van der Waals surface area contributed by atoms with Crippen LogP contribution < -0.4 is 0 Å². The van der Waals surface area contributed by atoms with Gasteiger partial charge in [-0.3, -0.25) is 9.34 Å². The molecule has 1 atom stereocenters. The molecule has 4 heteroatoms. The maximum atomic E-state index is 5.99. The standard InChI is InChI=1S/C13H23N2PS/c1-5-15(6-2)16(17,14(3)4)12-13-10-8-7-9-11-13/h7-11H,5-6,12H2,1-4H3. The van der Waals surface area contributed by atoms with E-state index >= 15 is 0 Å². The zero-order valence-electron chi connectivity index (χ0n) is 11.3. The first kappa shape index (κ1) is 14.8. The van der Waals surface area contributed by atoms with Gasteiger partial charge in [-0.15, -0.1) is 0 Å². The molecule has 0 radical (unpaired) electrons. The Morgan fingerprint density at radius 1 is 1.06 bits per heavy atom. The first-order valence-electron chi connectivity index (χ1n) is 6.10. The summed E-state index contributed by atoms with van der Waals surface area (Å²) in [6, 6.07) is 10.6. The maximum absolute atomic E-state index is 5.99. The van der Waals surface area contributed by atoms with Crippen molar-refractivity contribution >= 4 is 18.1 Å². The van der Waals surface area contributed by atoms with Gasteiger partial charge in [-0.2, -0.15) is 0 Å². The summed E-state index contributed by atoms with van der Waals surface area (Å²) in [5.41, 5.74) is 1.34. The van der Waals surface area contributed by atoms with Crippen molar-refractivity contribution in [3.63, 3.8) is 0 Å². The predicted molar refractivity (Wildman–Crippen MR) is 81.0 cm³/mol. The zero-order chi connectivity index (χ0) is 12.9.